The minimum absolute atomic E-state index is 0.0394. The number of hydrogen-bond donors (Lipinski definition) is 1. The van der Waals surface area contributed by atoms with Gasteiger partial charge in [0.1, 0.15) is 0 Å². The first-order chi connectivity index (χ1) is 11.7. The van der Waals surface area contributed by atoms with Gasteiger partial charge in [0.2, 0.25) is 5.91 Å². The molecule has 1 atom stereocenters. The largest absolute Gasteiger partial charge is 0.348 e. The number of aromatic nitrogens is 3. The van der Waals surface area contributed by atoms with E-state index >= 15 is 0 Å². The summed E-state index contributed by atoms with van der Waals surface area (Å²) in [6, 6.07) is 16.3. The average Bonchev–Trinajstić information content (AvgIpc) is 3.23. The number of carbonyl (C=O) groups is 1. The van der Waals surface area contributed by atoms with Crippen molar-refractivity contribution in [2.45, 2.75) is 25.9 Å². The number of aromatic amines is 1. The smallest absolute Gasteiger partial charge is 0.229 e. The molecule has 0 bridgehead atoms. The van der Waals surface area contributed by atoms with Crippen molar-refractivity contribution >= 4 is 5.91 Å². The first-order valence-electron chi connectivity index (χ1n) is 8.23. The van der Waals surface area contributed by atoms with Gasteiger partial charge in [0.05, 0.1) is 18.2 Å². The Morgan fingerprint density at radius 2 is 2.04 bits per heavy atom. The van der Waals surface area contributed by atoms with Crippen LogP contribution in [0.5, 0.6) is 0 Å². The third-order valence-corrected chi connectivity index (χ3v) is 4.57. The SMILES string of the molecule is Cc1cc(CC(=O)N2CCn3cccc3[C@H]2c2ccccc2)n[nH]1. The van der Waals surface area contributed by atoms with Gasteiger partial charge in [-0.25, -0.2) is 0 Å². The van der Waals surface area contributed by atoms with Crippen LogP contribution >= 0.6 is 0 Å². The predicted molar refractivity (Wildman–Crippen MR) is 91.5 cm³/mol. The van der Waals surface area contributed by atoms with Crippen molar-refractivity contribution in [1.82, 2.24) is 19.7 Å². The summed E-state index contributed by atoms with van der Waals surface area (Å²) < 4.78 is 2.24. The molecule has 0 saturated carbocycles. The maximum absolute atomic E-state index is 13.0. The highest BCUT2D eigenvalue weighted by atomic mass is 16.2. The van der Waals surface area contributed by atoms with Crippen LogP contribution in [-0.2, 0) is 17.8 Å². The lowest BCUT2D eigenvalue weighted by Gasteiger charge is -2.37. The maximum atomic E-state index is 13.0. The summed E-state index contributed by atoms with van der Waals surface area (Å²) in [5.41, 5.74) is 4.08. The zero-order valence-electron chi connectivity index (χ0n) is 13.6. The monoisotopic (exact) mass is 320 g/mol. The normalized spacial score (nSPS) is 16.9. The maximum Gasteiger partial charge on any atom is 0.229 e. The summed E-state index contributed by atoms with van der Waals surface area (Å²) in [5.74, 6) is 0.114. The summed E-state index contributed by atoms with van der Waals surface area (Å²) in [7, 11) is 0. The number of nitrogens with one attached hydrogen (secondary N) is 1. The Bertz CT molecular complexity index is 849. The van der Waals surface area contributed by atoms with E-state index in [0.29, 0.717) is 13.0 Å². The molecule has 5 heteroatoms. The van der Waals surface area contributed by atoms with E-state index in [4.69, 9.17) is 0 Å². The van der Waals surface area contributed by atoms with Crippen LogP contribution in [0.2, 0.25) is 0 Å². The molecule has 2 aromatic heterocycles. The number of aryl methyl sites for hydroxylation is 1. The van der Waals surface area contributed by atoms with Crippen molar-refractivity contribution in [1.29, 1.82) is 0 Å². The number of carbonyl (C=O) groups excluding carboxylic acids is 1. The fourth-order valence-electron chi connectivity index (χ4n) is 3.46. The van der Waals surface area contributed by atoms with Crippen molar-refractivity contribution in [3.8, 4) is 0 Å². The van der Waals surface area contributed by atoms with Crippen LogP contribution < -0.4 is 0 Å². The quantitative estimate of drug-likeness (QED) is 0.807. The number of nitrogens with zero attached hydrogens (tertiary/aromatic N) is 3. The summed E-state index contributed by atoms with van der Waals surface area (Å²) in [5, 5.41) is 7.11. The first-order valence-corrected chi connectivity index (χ1v) is 8.23. The number of hydrogen-bond acceptors (Lipinski definition) is 2. The Morgan fingerprint density at radius 1 is 1.21 bits per heavy atom. The molecule has 5 nitrogen and oxygen atoms in total. The number of benzene rings is 1. The van der Waals surface area contributed by atoms with Crippen LogP contribution in [0.1, 0.15) is 28.7 Å². The topological polar surface area (TPSA) is 53.9 Å². The van der Waals surface area contributed by atoms with Crippen molar-refractivity contribution in [2.75, 3.05) is 6.54 Å². The Hall–Kier alpha value is -2.82. The molecule has 0 saturated heterocycles. The molecular formula is C19H20N4O. The summed E-state index contributed by atoms with van der Waals surface area (Å²) in [4.78, 5) is 14.9. The van der Waals surface area contributed by atoms with Gasteiger partial charge in [-0.05, 0) is 30.7 Å². The minimum Gasteiger partial charge on any atom is -0.348 e. The van der Waals surface area contributed by atoms with Gasteiger partial charge < -0.3 is 9.47 Å². The molecule has 1 aromatic carbocycles. The Morgan fingerprint density at radius 3 is 2.79 bits per heavy atom. The van der Waals surface area contributed by atoms with E-state index in [2.05, 4.69) is 45.2 Å². The Kier molecular flexibility index (Phi) is 3.69. The van der Waals surface area contributed by atoms with Gasteiger partial charge in [0.25, 0.3) is 0 Å². The second kappa shape index (κ2) is 6.00. The highest BCUT2D eigenvalue weighted by Gasteiger charge is 2.32. The molecule has 3 aromatic rings. The lowest BCUT2D eigenvalue weighted by molar-refractivity contribution is -0.133. The molecule has 4 rings (SSSR count). The van der Waals surface area contributed by atoms with Gasteiger partial charge in [-0.3, -0.25) is 9.89 Å². The van der Waals surface area contributed by atoms with E-state index in [1.165, 1.54) is 5.69 Å². The van der Waals surface area contributed by atoms with Crippen LogP contribution in [0.25, 0.3) is 0 Å². The van der Waals surface area contributed by atoms with E-state index < -0.39 is 0 Å². The van der Waals surface area contributed by atoms with Crippen molar-refractivity contribution in [2.24, 2.45) is 0 Å². The van der Waals surface area contributed by atoms with Crippen molar-refractivity contribution < 1.29 is 4.79 Å². The highest BCUT2D eigenvalue weighted by Crippen LogP contribution is 2.32. The van der Waals surface area contributed by atoms with Crippen LogP contribution in [0, 0.1) is 6.92 Å². The van der Waals surface area contributed by atoms with Gasteiger partial charge in [0.15, 0.2) is 0 Å². The Labute approximate surface area is 140 Å². The first kappa shape index (κ1) is 14.8. The molecule has 0 aliphatic carbocycles. The van der Waals surface area contributed by atoms with E-state index in [-0.39, 0.29) is 11.9 Å². The summed E-state index contributed by atoms with van der Waals surface area (Å²) in [6.45, 7) is 3.49. The third kappa shape index (κ3) is 2.62. The van der Waals surface area contributed by atoms with Gasteiger partial charge in [-0.2, -0.15) is 5.10 Å². The van der Waals surface area contributed by atoms with Gasteiger partial charge in [-0.1, -0.05) is 30.3 Å². The second-order valence-electron chi connectivity index (χ2n) is 6.25. The molecule has 0 radical (unpaired) electrons. The lowest BCUT2D eigenvalue weighted by atomic mass is 9.99. The number of H-pyrrole nitrogens is 1. The molecule has 24 heavy (non-hydrogen) atoms. The molecule has 1 aliphatic rings. The molecule has 0 unspecified atom stereocenters. The number of amides is 1. The van der Waals surface area contributed by atoms with Gasteiger partial charge >= 0.3 is 0 Å². The van der Waals surface area contributed by atoms with Crippen LogP contribution in [0.3, 0.4) is 0 Å². The number of rotatable bonds is 3. The van der Waals surface area contributed by atoms with Crippen molar-refractivity contribution in [3.63, 3.8) is 0 Å². The zero-order chi connectivity index (χ0) is 16.5. The van der Waals surface area contributed by atoms with Crippen LogP contribution in [-0.4, -0.2) is 32.1 Å². The van der Waals surface area contributed by atoms with E-state index in [9.17, 15) is 4.79 Å². The fraction of sp³-hybridized carbons (Fsp3) is 0.263. The number of fused-ring (bicyclic) bond motifs is 1. The molecule has 1 aliphatic heterocycles. The zero-order valence-corrected chi connectivity index (χ0v) is 13.6. The molecule has 3 heterocycles. The van der Waals surface area contributed by atoms with Gasteiger partial charge in [0, 0.05) is 30.7 Å². The lowest BCUT2D eigenvalue weighted by Crippen LogP contribution is -2.43. The summed E-state index contributed by atoms with van der Waals surface area (Å²) >= 11 is 0. The molecular weight excluding hydrogens is 300 g/mol. The van der Waals surface area contributed by atoms with Crippen molar-refractivity contribution in [3.05, 3.63) is 77.4 Å². The van der Waals surface area contributed by atoms with E-state index in [1.54, 1.807) is 0 Å². The van der Waals surface area contributed by atoms with E-state index in [0.717, 1.165) is 23.5 Å². The molecule has 1 amide bonds. The Balaban J connectivity index is 1.67. The van der Waals surface area contributed by atoms with Crippen LogP contribution in [0.15, 0.2) is 54.7 Å². The predicted octanol–water partition coefficient (Wildman–Crippen LogP) is 2.69. The fourth-order valence-corrected chi connectivity index (χ4v) is 3.46. The standard InChI is InChI=1S/C19H20N4O/c1-14-12-16(21-20-14)13-18(24)23-11-10-22-9-5-8-17(22)19(23)15-6-3-2-4-7-15/h2-9,12,19H,10-11,13H2,1H3,(H,20,21)/t19-/m1/s1. The highest BCUT2D eigenvalue weighted by molar-refractivity contribution is 5.79. The van der Waals surface area contributed by atoms with Gasteiger partial charge in [-0.15, -0.1) is 0 Å². The molecule has 122 valence electrons. The van der Waals surface area contributed by atoms with Crippen LogP contribution in [0.4, 0.5) is 0 Å². The van der Waals surface area contributed by atoms with E-state index in [1.807, 2.05) is 36.1 Å². The molecule has 0 fully saturated rings. The second-order valence-corrected chi connectivity index (χ2v) is 6.25. The minimum atomic E-state index is -0.0394. The third-order valence-electron chi connectivity index (χ3n) is 4.57. The summed E-state index contributed by atoms with van der Waals surface area (Å²) in [6.07, 6.45) is 2.42. The average molecular weight is 320 g/mol. The molecule has 1 N–H and O–H groups in total. The molecule has 0 spiro atoms.